The first-order valence-corrected chi connectivity index (χ1v) is 8.01. The van der Waals surface area contributed by atoms with Crippen molar-refractivity contribution < 1.29 is 19.4 Å². The van der Waals surface area contributed by atoms with E-state index in [1.807, 2.05) is 4.90 Å². The fourth-order valence-corrected chi connectivity index (χ4v) is 3.21. The van der Waals surface area contributed by atoms with E-state index in [-0.39, 0.29) is 5.25 Å². The molecular formula is C16H18ClNO4S. The number of aliphatic carboxylic acids is 1. The van der Waals surface area contributed by atoms with Crippen LogP contribution in [0.3, 0.4) is 0 Å². The zero-order valence-electron chi connectivity index (χ0n) is 12.6. The third kappa shape index (κ3) is 4.28. The molecule has 0 saturated carbocycles. The molecule has 0 aliphatic carbocycles. The van der Waals surface area contributed by atoms with Crippen molar-refractivity contribution in [1.82, 2.24) is 4.90 Å². The Balaban J connectivity index is 2.35. The largest absolute Gasteiger partial charge is 0.478 e. The lowest BCUT2D eigenvalue weighted by Crippen LogP contribution is -2.42. The average Bonchev–Trinajstić information content (AvgIpc) is 2.51. The second kappa shape index (κ2) is 7.86. The van der Waals surface area contributed by atoms with Crippen molar-refractivity contribution in [3.63, 3.8) is 0 Å². The first kappa shape index (κ1) is 17.8. The summed E-state index contributed by atoms with van der Waals surface area (Å²) in [5.74, 6) is -1.45. The summed E-state index contributed by atoms with van der Waals surface area (Å²) in [5, 5.41) is 9.32. The van der Waals surface area contributed by atoms with Crippen LogP contribution in [0.2, 0.25) is 5.02 Å². The van der Waals surface area contributed by atoms with Crippen LogP contribution in [0.4, 0.5) is 0 Å². The van der Waals surface area contributed by atoms with E-state index < -0.39 is 18.0 Å². The summed E-state index contributed by atoms with van der Waals surface area (Å²) in [6.07, 6.45) is 1.80. The lowest BCUT2D eigenvalue weighted by molar-refractivity contribution is -0.147. The number of carbonyl (C=O) groups excluding carboxylic acids is 1. The van der Waals surface area contributed by atoms with Crippen molar-refractivity contribution in [2.24, 2.45) is 0 Å². The maximum absolute atomic E-state index is 12.3. The van der Waals surface area contributed by atoms with E-state index in [4.69, 9.17) is 21.4 Å². The molecule has 0 bridgehead atoms. The minimum atomic E-state index is -1.02. The van der Waals surface area contributed by atoms with Crippen molar-refractivity contribution in [1.29, 1.82) is 0 Å². The number of benzene rings is 1. The van der Waals surface area contributed by atoms with E-state index in [0.717, 1.165) is 6.08 Å². The lowest BCUT2D eigenvalue weighted by atomic mass is 9.98. The zero-order chi connectivity index (χ0) is 17.0. The Morgan fingerprint density at radius 3 is 2.78 bits per heavy atom. The Kier molecular flexibility index (Phi) is 6.10. The maximum atomic E-state index is 12.3. The van der Waals surface area contributed by atoms with Gasteiger partial charge in [-0.15, -0.1) is 0 Å². The molecule has 1 aliphatic heterocycles. The first-order chi connectivity index (χ1) is 10.9. The number of rotatable bonds is 4. The van der Waals surface area contributed by atoms with Crippen LogP contribution in [0, 0.1) is 0 Å². The van der Waals surface area contributed by atoms with Gasteiger partial charge in [0.05, 0.1) is 7.11 Å². The van der Waals surface area contributed by atoms with Crippen molar-refractivity contribution in [2.45, 2.75) is 17.7 Å². The van der Waals surface area contributed by atoms with Gasteiger partial charge in [0.2, 0.25) is 0 Å². The minimum Gasteiger partial charge on any atom is -0.478 e. The number of thiol groups is 1. The Bertz CT molecular complexity index is 634. The molecule has 1 saturated heterocycles. The highest BCUT2D eigenvalue weighted by Crippen LogP contribution is 2.33. The topological polar surface area (TPSA) is 66.8 Å². The number of carboxylic acid groups (broad SMARTS) is 1. The molecule has 0 radical (unpaired) electrons. The molecule has 23 heavy (non-hydrogen) atoms. The molecule has 124 valence electrons. The number of carboxylic acids is 1. The van der Waals surface area contributed by atoms with Crippen molar-refractivity contribution in [3.8, 4) is 0 Å². The highest BCUT2D eigenvalue weighted by Gasteiger charge is 2.34. The van der Waals surface area contributed by atoms with Gasteiger partial charge in [-0.2, -0.15) is 12.6 Å². The van der Waals surface area contributed by atoms with E-state index in [1.165, 1.54) is 7.11 Å². The van der Waals surface area contributed by atoms with Crippen LogP contribution < -0.4 is 0 Å². The monoisotopic (exact) mass is 355 g/mol. The van der Waals surface area contributed by atoms with Crippen LogP contribution in [0.15, 0.2) is 35.9 Å². The van der Waals surface area contributed by atoms with E-state index in [0.29, 0.717) is 35.7 Å². The molecule has 0 amide bonds. The van der Waals surface area contributed by atoms with Crippen LogP contribution in [0.5, 0.6) is 0 Å². The van der Waals surface area contributed by atoms with Crippen LogP contribution in [0.25, 0.3) is 0 Å². The normalized spacial score (nSPS) is 21.9. The number of halogens is 1. The predicted molar refractivity (Wildman–Crippen MR) is 90.9 cm³/mol. The third-order valence-corrected chi connectivity index (χ3v) is 4.74. The van der Waals surface area contributed by atoms with Gasteiger partial charge in [-0.25, -0.2) is 9.59 Å². The van der Waals surface area contributed by atoms with Gasteiger partial charge in [0.25, 0.3) is 0 Å². The van der Waals surface area contributed by atoms with Gasteiger partial charge in [0, 0.05) is 29.4 Å². The standard InChI is InChI=1S/C16H18ClNO4S/c1-22-16(21)15(11-4-2-3-5-12(11)17)18-7-6-13(23)10(9-18)8-14(19)20/h2-5,8,13,15,23H,6-7,9H2,1H3,(H,19,20)/b10-8-. The predicted octanol–water partition coefficient (Wildman–Crippen LogP) is 2.57. The highest BCUT2D eigenvalue weighted by molar-refractivity contribution is 7.81. The number of hydrogen-bond donors (Lipinski definition) is 2. The quantitative estimate of drug-likeness (QED) is 0.493. The second-order valence-corrected chi connectivity index (χ2v) is 6.31. The summed E-state index contributed by atoms with van der Waals surface area (Å²) in [4.78, 5) is 25.1. The van der Waals surface area contributed by atoms with Crippen LogP contribution in [-0.2, 0) is 14.3 Å². The summed E-state index contributed by atoms with van der Waals surface area (Å²) in [6, 6.07) is 6.40. The molecule has 1 aliphatic rings. The molecule has 0 spiro atoms. The number of nitrogens with zero attached hydrogens (tertiary/aromatic N) is 1. The third-order valence-electron chi connectivity index (χ3n) is 3.80. The van der Waals surface area contributed by atoms with Gasteiger partial charge in [-0.1, -0.05) is 29.8 Å². The average molecular weight is 356 g/mol. The minimum absolute atomic E-state index is 0.133. The fraction of sp³-hybridized carbons (Fsp3) is 0.375. The number of likely N-dealkylation sites (tertiary alicyclic amines) is 1. The van der Waals surface area contributed by atoms with Gasteiger partial charge >= 0.3 is 11.9 Å². The van der Waals surface area contributed by atoms with Crippen LogP contribution in [0.1, 0.15) is 18.0 Å². The molecule has 2 atom stereocenters. The second-order valence-electron chi connectivity index (χ2n) is 5.28. The van der Waals surface area contributed by atoms with E-state index in [1.54, 1.807) is 24.3 Å². The number of ether oxygens (including phenoxy) is 1. The Labute approximate surface area is 145 Å². The molecule has 2 unspecified atom stereocenters. The van der Waals surface area contributed by atoms with E-state index in [9.17, 15) is 9.59 Å². The molecule has 0 aromatic heterocycles. The summed E-state index contributed by atoms with van der Waals surface area (Å²) in [5.41, 5.74) is 1.31. The lowest BCUT2D eigenvalue weighted by Gasteiger charge is -2.36. The Morgan fingerprint density at radius 2 is 2.17 bits per heavy atom. The Morgan fingerprint density at radius 1 is 1.48 bits per heavy atom. The SMILES string of the molecule is COC(=O)C(c1ccccc1Cl)N1CCC(S)/C(=C\C(=O)O)C1. The molecule has 1 fully saturated rings. The zero-order valence-corrected chi connectivity index (χ0v) is 14.3. The molecule has 1 N–H and O–H groups in total. The van der Waals surface area contributed by atoms with Gasteiger partial charge in [-0.3, -0.25) is 4.90 Å². The van der Waals surface area contributed by atoms with Crippen LogP contribution >= 0.6 is 24.2 Å². The van der Waals surface area contributed by atoms with Crippen molar-refractivity contribution in [2.75, 3.05) is 20.2 Å². The number of hydrogen-bond acceptors (Lipinski definition) is 5. The van der Waals surface area contributed by atoms with Gasteiger partial charge in [-0.05, 0) is 23.6 Å². The van der Waals surface area contributed by atoms with E-state index >= 15 is 0 Å². The fourth-order valence-electron chi connectivity index (χ4n) is 2.69. The number of piperidine rings is 1. The highest BCUT2D eigenvalue weighted by atomic mass is 35.5. The Hall–Kier alpha value is -1.50. The number of esters is 1. The number of carbonyl (C=O) groups is 2. The van der Waals surface area contributed by atoms with Gasteiger partial charge in [0.1, 0.15) is 6.04 Å². The summed E-state index contributed by atoms with van der Waals surface area (Å²) < 4.78 is 4.92. The van der Waals surface area contributed by atoms with Gasteiger partial charge < -0.3 is 9.84 Å². The molecule has 1 heterocycles. The molecular weight excluding hydrogens is 338 g/mol. The smallest absolute Gasteiger partial charge is 0.328 e. The van der Waals surface area contributed by atoms with Crippen molar-refractivity contribution >= 4 is 36.2 Å². The molecule has 1 aromatic carbocycles. The summed E-state index contributed by atoms with van der Waals surface area (Å²) in [7, 11) is 1.32. The van der Waals surface area contributed by atoms with Gasteiger partial charge in [0.15, 0.2) is 0 Å². The summed E-state index contributed by atoms with van der Waals surface area (Å²) >= 11 is 10.7. The maximum Gasteiger partial charge on any atom is 0.328 e. The van der Waals surface area contributed by atoms with E-state index in [2.05, 4.69) is 12.6 Å². The number of methoxy groups -OCH3 is 1. The first-order valence-electron chi connectivity index (χ1n) is 7.11. The molecule has 7 heteroatoms. The summed E-state index contributed by atoms with van der Waals surface area (Å²) in [6.45, 7) is 0.918. The molecule has 1 aromatic rings. The molecule has 5 nitrogen and oxygen atoms in total. The van der Waals surface area contributed by atoms with Crippen molar-refractivity contribution in [3.05, 3.63) is 46.5 Å². The van der Waals surface area contributed by atoms with Crippen LogP contribution in [-0.4, -0.2) is 47.4 Å². The molecule has 2 rings (SSSR count).